The Morgan fingerprint density at radius 2 is 1.96 bits per heavy atom. The van der Waals surface area contributed by atoms with Crippen LogP contribution in [0.25, 0.3) is 16.6 Å². The summed E-state index contributed by atoms with van der Waals surface area (Å²) < 4.78 is 7.29. The number of benzene rings is 1. The van der Waals surface area contributed by atoms with Gasteiger partial charge in [0.2, 0.25) is 11.8 Å². The van der Waals surface area contributed by atoms with Crippen molar-refractivity contribution in [3.63, 3.8) is 0 Å². The van der Waals surface area contributed by atoms with Gasteiger partial charge >= 0.3 is 0 Å². The molecule has 0 radical (unpaired) electrons. The van der Waals surface area contributed by atoms with E-state index in [2.05, 4.69) is 20.3 Å². The number of rotatable bonds is 3. The molecule has 0 spiro atoms. The van der Waals surface area contributed by atoms with Gasteiger partial charge in [-0.3, -0.25) is 0 Å². The van der Waals surface area contributed by atoms with Gasteiger partial charge in [0, 0.05) is 12.3 Å². The molecule has 0 bridgehead atoms. The van der Waals surface area contributed by atoms with E-state index in [0.29, 0.717) is 17.6 Å². The lowest BCUT2D eigenvalue weighted by Gasteiger charge is -2.09. The Morgan fingerprint density at radius 3 is 2.74 bits per heavy atom. The van der Waals surface area contributed by atoms with Crippen molar-refractivity contribution >= 4 is 28.3 Å². The van der Waals surface area contributed by atoms with E-state index in [4.69, 9.17) is 9.40 Å². The lowest BCUT2D eigenvalue weighted by Crippen LogP contribution is -2.00. The predicted molar refractivity (Wildman–Crippen MR) is 86.3 cm³/mol. The normalized spacial score (nSPS) is 13.0. The third kappa shape index (κ3) is 2.44. The van der Waals surface area contributed by atoms with Crippen molar-refractivity contribution in [1.29, 1.82) is 0 Å². The van der Waals surface area contributed by atoms with Crippen molar-refractivity contribution in [2.75, 3.05) is 0 Å². The molecular formula is C15H14N6OS. The van der Waals surface area contributed by atoms with Crippen LogP contribution in [0.15, 0.2) is 33.8 Å². The van der Waals surface area contributed by atoms with Gasteiger partial charge in [-0.25, -0.2) is 9.97 Å². The molecule has 23 heavy (non-hydrogen) atoms. The zero-order chi connectivity index (χ0) is 16.0. The van der Waals surface area contributed by atoms with E-state index < -0.39 is 0 Å². The molecule has 1 atom stereocenters. The van der Waals surface area contributed by atoms with Gasteiger partial charge in [0.25, 0.3) is 0 Å². The zero-order valence-corrected chi connectivity index (χ0v) is 13.7. The van der Waals surface area contributed by atoms with E-state index in [1.807, 2.05) is 38.1 Å². The Kier molecular flexibility index (Phi) is 3.26. The maximum atomic E-state index is 5.51. The first-order valence-electron chi connectivity index (χ1n) is 7.20. The van der Waals surface area contributed by atoms with E-state index in [1.54, 1.807) is 11.4 Å². The minimum Gasteiger partial charge on any atom is -0.424 e. The summed E-state index contributed by atoms with van der Waals surface area (Å²) in [5, 5.41) is 14.1. The van der Waals surface area contributed by atoms with Gasteiger partial charge < -0.3 is 4.42 Å². The van der Waals surface area contributed by atoms with Crippen LogP contribution in [0.1, 0.15) is 29.8 Å². The molecule has 116 valence electrons. The lowest BCUT2D eigenvalue weighted by molar-refractivity contribution is 0.470. The molecule has 0 aliphatic rings. The number of hydrogen-bond acceptors (Lipinski definition) is 7. The molecule has 7 nitrogen and oxygen atoms in total. The first-order chi connectivity index (χ1) is 11.1. The lowest BCUT2D eigenvalue weighted by atomic mass is 10.2. The average Bonchev–Trinajstić information content (AvgIpc) is 3.13. The highest BCUT2D eigenvalue weighted by Crippen LogP contribution is 2.34. The van der Waals surface area contributed by atoms with Crippen LogP contribution in [0.4, 0.5) is 0 Å². The molecule has 0 aliphatic carbocycles. The van der Waals surface area contributed by atoms with E-state index >= 15 is 0 Å². The van der Waals surface area contributed by atoms with Gasteiger partial charge in [0.1, 0.15) is 5.82 Å². The van der Waals surface area contributed by atoms with Crippen molar-refractivity contribution < 1.29 is 4.42 Å². The number of nitrogens with zero attached hydrogens (tertiary/aromatic N) is 6. The number of fused-ring (bicyclic) bond motifs is 3. The van der Waals surface area contributed by atoms with Crippen LogP contribution >= 0.6 is 11.8 Å². The van der Waals surface area contributed by atoms with Crippen LogP contribution in [0.5, 0.6) is 0 Å². The van der Waals surface area contributed by atoms with Gasteiger partial charge in [0.15, 0.2) is 10.8 Å². The molecule has 3 aromatic heterocycles. The second kappa shape index (κ2) is 5.31. The van der Waals surface area contributed by atoms with E-state index in [-0.39, 0.29) is 5.25 Å². The molecule has 0 fully saturated rings. The number of thioether (sulfide) groups is 1. The summed E-state index contributed by atoms with van der Waals surface area (Å²) in [4.78, 5) is 9.26. The number of para-hydroxylation sites is 1. The van der Waals surface area contributed by atoms with E-state index in [9.17, 15) is 0 Å². The largest absolute Gasteiger partial charge is 0.424 e. The van der Waals surface area contributed by atoms with Crippen LogP contribution in [0.3, 0.4) is 0 Å². The summed E-state index contributed by atoms with van der Waals surface area (Å²) in [6.45, 7) is 5.66. The van der Waals surface area contributed by atoms with Crippen molar-refractivity contribution in [1.82, 2.24) is 29.8 Å². The fraction of sp³-hybridized carbons (Fsp3) is 0.267. The molecule has 0 amide bonds. The van der Waals surface area contributed by atoms with Crippen LogP contribution < -0.4 is 0 Å². The SMILES string of the molecule is Cc1nc2c3ccccc3nc(SC(C)c3nnc(C)o3)n2n1. The predicted octanol–water partition coefficient (Wildman–Crippen LogP) is 3.13. The van der Waals surface area contributed by atoms with Gasteiger partial charge in [-0.05, 0) is 26.0 Å². The highest BCUT2D eigenvalue weighted by molar-refractivity contribution is 7.99. The molecule has 0 N–H and O–H groups in total. The van der Waals surface area contributed by atoms with Crippen LogP contribution in [0.2, 0.25) is 0 Å². The minimum absolute atomic E-state index is 0.0300. The molecule has 8 heteroatoms. The molecule has 4 aromatic rings. The van der Waals surface area contributed by atoms with E-state index in [0.717, 1.165) is 21.7 Å². The quantitative estimate of drug-likeness (QED) is 0.422. The average molecular weight is 326 g/mol. The Balaban J connectivity index is 1.84. The molecular weight excluding hydrogens is 312 g/mol. The van der Waals surface area contributed by atoms with Gasteiger partial charge in [-0.2, -0.15) is 4.52 Å². The van der Waals surface area contributed by atoms with Crippen molar-refractivity contribution in [2.24, 2.45) is 0 Å². The third-order valence-electron chi connectivity index (χ3n) is 3.43. The number of hydrogen-bond donors (Lipinski definition) is 0. The molecule has 1 unspecified atom stereocenters. The highest BCUT2D eigenvalue weighted by atomic mass is 32.2. The monoisotopic (exact) mass is 326 g/mol. The standard InChI is InChI=1S/C15H14N6OS/c1-8(14-19-18-10(3)22-14)23-15-17-12-7-5-4-6-11(12)13-16-9(2)20-21(13)15/h4-8H,1-3H3. The summed E-state index contributed by atoms with van der Waals surface area (Å²) >= 11 is 1.52. The Hall–Kier alpha value is -2.48. The molecule has 1 aromatic carbocycles. The second-order valence-electron chi connectivity index (χ2n) is 5.23. The Bertz CT molecular complexity index is 1010. The second-order valence-corrected chi connectivity index (χ2v) is 6.53. The minimum atomic E-state index is -0.0300. The summed E-state index contributed by atoms with van der Waals surface area (Å²) in [5.41, 5.74) is 1.70. The van der Waals surface area contributed by atoms with Crippen molar-refractivity contribution in [3.8, 4) is 0 Å². The molecule has 0 saturated carbocycles. The summed E-state index contributed by atoms with van der Waals surface area (Å²) in [5.74, 6) is 1.85. The first-order valence-corrected chi connectivity index (χ1v) is 8.08. The third-order valence-corrected chi connectivity index (χ3v) is 4.46. The van der Waals surface area contributed by atoms with Gasteiger partial charge in [0.05, 0.1) is 10.8 Å². The van der Waals surface area contributed by atoms with E-state index in [1.165, 1.54) is 11.8 Å². The Morgan fingerprint density at radius 1 is 1.13 bits per heavy atom. The Labute approximate surface area is 136 Å². The highest BCUT2D eigenvalue weighted by Gasteiger charge is 2.19. The molecule has 0 aliphatic heterocycles. The molecule has 4 rings (SSSR count). The topological polar surface area (TPSA) is 82.0 Å². The maximum absolute atomic E-state index is 5.51. The van der Waals surface area contributed by atoms with Gasteiger partial charge in [-0.15, -0.1) is 15.3 Å². The van der Waals surface area contributed by atoms with Crippen molar-refractivity contribution in [3.05, 3.63) is 41.9 Å². The van der Waals surface area contributed by atoms with Crippen LogP contribution in [-0.4, -0.2) is 29.8 Å². The smallest absolute Gasteiger partial charge is 0.229 e. The van der Waals surface area contributed by atoms with Crippen molar-refractivity contribution in [2.45, 2.75) is 31.2 Å². The van der Waals surface area contributed by atoms with Gasteiger partial charge in [-0.1, -0.05) is 23.9 Å². The molecule has 3 heterocycles. The summed E-state index contributed by atoms with van der Waals surface area (Å²) in [6.07, 6.45) is 0. The maximum Gasteiger partial charge on any atom is 0.229 e. The number of aromatic nitrogens is 6. The number of aryl methyl sites for hydroxylation is 2. The fourth-order valence-corrected chi connectivity index (χ4v) is 3.28. The fourth-order valence-electron chi connectivity index (χ4n) is 2.39. The summed E-state index contributed by atoms with van der Waals surface area (Å²) in [6, 6.07) is 7.93. The zero-order valence-electron chi connectivity index (χ0n) is 12.9. The first kappa shape index (κ1) is 14.1. The van der Waals surface area contributed by atoms with Crippen LogP contribution in [-0.2, 0) is 0 Å². The summed E-state index contributed by atoms with van der Waals surface area (Å²) in [7, 11) is 0. The van der Waals surface area contributed by atoms with Crippen LogP contribution in [0, 0.1) is 13.8 Å². The molecule has 0 saturated heterocycles.